The maximum Gasteiger partial charge on any atom is 0.358 e. The van der Waals surface area contributed by atoms with Crippen LogP contribution < -0.4 is 0 Å². The fraction of sp³-hybridized carbons (Fsp3) is 0. The third-order valence-electron chi connectivity index (χ3n) is 2.72. The van der Waals surface area contributed by atoms with Crippen LogP contribution in [0.25, 0.3) is 0 Å². The van der Waals surface area contributed by atoms with Crippen molar-refractivity contribution in [3.05, 3.63) is 70.3 Å². The Morgan fingerprint density at radius 1 is 1.13 bits per heavy atom. The van der Waals surface area contributed by atoms with Crippen LogP contribution in [-0.2, 0) is 14.4 Å². The van der Waals surface area contributed by atoms with E-state index < -0.39 is 15.0 Å². The van der Waals surface area contributed by atoms with Crippen LogP contribution >= 0.6 is 0 Å². The van der Waals surface area contributed by atoms with Crippen LogP contribution in [0.3, 0.4) is 0 Å². The molecule has 0 unspecified atom stereocenters. The molecule has 0 aliphatic rings. The number of nitro groups is 1. The predicted molar refractivity (Wildman–Crippen MR) is 80.0 cm³/mol. The number of rotatable bonds is 5. The van der Waals surface area contributed by atoms with Gasteiger partial charge in [0.2, 0.25) is 0 Å². The van der Waals surface area contributed by atoms with Crippen molar-refractivity contribution >= 4 is 21.5 Å². The van der Waals surface area contributed by atoms with Crippen molar-refractivity contribution in [2.24, 2.45) is 5.16 Å². The zero-order chi connectivity index (χ0) is 16.9. The van der Waals surface area contributed by atoms with Gasteiger partial charge in [-0.3, -0.25) is 14.4 Å². The SMILES string of the molecule is N#C/C(=N\OS(=O)(=O)c1ccc([N+](=O)[O-])cc1)c1ccccc1. The quantitative estimate of drug-likeness (QED) is 0.470. The summed E-state index contributed by atoms with van der Waals surface area (Å²) in [5.41, 5.74) is -0.0700. The minimum absolute atomic E-state index is 0.212. The van der Waals surface area contributed by atoms with E-state index in [-0.39, 0.29) is 16.3 Å². The molecule has 0 atom stereocenters. The Labute approximate surface area is 131 Å². The van der Waals surface area contributed by atoms with E-state index in [0.29, 0.717) is 5.56 Å². The van der Waals surface area contributed by atoms with Gasteiger partial charge in [-0.05, 0) is 12.1 Å². The Bertz CT molecular complexity index is 884. The van der Waals surface area contributed by atoms with E-state index in [2.05, 4.69) is 9.44 Å². The first-order chi connectivity index (χ1) is 10.9. The summed E-state index contributed by atoms with van der Waals surface area (Å²) < 4.78 is 28.4. The summed E-state index contributed by atoms with van der Waals surface area (Å²) in [6.45, 7) is 0. The molecular formula is C14H9N3O5S. The van der Waals surface area contributed by atoms with Crippen LogP contribution in [0.1, 0.15) is 5.56 Å². The molecule has 0 bridgehead atoms. The van der Waals surface area contributed by atoms with E-state index in [1.807, 2.05) is 0 Å². The topological polar surface area (TPSA) is 123 Å². The number of hydrogen-bond donors (Lipinski definition) is 0. The molecule has 0 aromatic heterocycles. The van der Waals surface area contributed by atoms with Crippen molar-refractivity contribution in [1.82, 2.24) is 0 Å². The van der Waals surface area contributed by atoms with Gasteiger partial charge in [0.05, 0.1) is 4.92 Å². The first-order valence-corrected chi connectivity index (χ1v) is 7.56. The predicted octanol–water partition coefficient (Wildman–Crippen LogP) is 2.23. The summed E-state index contributed by atoms with van der Waals surface area (Å²) in [6, 6.07) is 14.0. The molecule has 0 radical (unpaired) electrons. The highest BCUT2D eigenvalue weighted by molar-refractivity contribution is 7.86. The van der Waals surface area contributed by atoms with Crippen molar-refractivity contribution in [2.45, 2.75) is 4.90 Å². The molecule has 0 amide bonds. The molecule has 0 spiro atoms. The first-order valence-electron chi connectivity index (χ1n) is 6.15. The monoisotopic (exact) mass is 331 g/mol. The van der Waals surface area contributed by atoms with E-state index in [9.17, 15) is 18.5 Å². The lowest BCUT2D eigenvalue weighted by Gasteiger charge is -2.02. The highest BCUT2D eigenvalue weighted by atomic mass is 32.2. The van der Waals surface area contributed by atoms with Crippen molar-refractivity contribution < 1.29 is 17.6 Å². The Morgan fingerprint density at radius 3 is 2.26 bits per heavy atom. The number of nitriles is 1. The van der Waals surface area contributed by atoms with Gasteiger partial charge in [-0.2, -0.15) is 13.7 Å². The minimum Gasteiger partial charge on any atom is -0.263 e. The normalized spacial score (nSPS) is 11.5. The molecule has 9 heteroatoms. The molecular weight excluding hydrogens is 322 g/mol. The van der Waals surface area contributed by atoms with Gasteiger partial charge in [0.1, 0.15) is 11.0 Å². The highest BCUT2D eigenvalue weighted by Crippen LogP contribution is 2.18. The van der Waals surface area contributed by atoms with E-state index in [1.165, 1.54) is 0 Å². The fourth-order valence-electron chi connectivity index (χ4n) is 1.60. The lowest BCUT2D eigenvalue weighted by Crippen LogP contribution is -2.06. The van der Waals surface area contributed by atoms with Crippen molar-refractivity contribution in [3.8, 4) is 6.07 Å². The standard InChI is InChI=1S/C14H9N3O5S/c15-10-14(11-4-2-1-3-5-11)16-22-23(20,21)13-8-6-12(7-9-13)17(18)19/h1-9H/b16-14+. The van der Waals surface area contributed by atoms with Crippen LogP contribution in [0.15, 0.2) is 64.6 Å². The van der Waals surface area contributed by atoms with Gasteiger partial charge in [-0.25, -0.2) is 0 Å². The second-order valence-corrected chi connectivity index (χ2v) is 5.73. The molecule has 0 aliphatic carbocycles. The number of oxime groups is 1. The molecule has 23 heavy (non-hydrogen) atoms. The summed E-state index contributed by atoms with van der Waals surface area (Å²) in [4.78, 5) is 9.58. The van der Waals surface area contributed by atoms with Crippen LogP contribution in [0.5, 0.6) is 0 Å². The van der Waals surface area contributed by atoms with E-state index in [0.717, 1.165) is 24.3 Å². The van der Waals surface area contributed by atoms with Crippen molar-refractivity contribution in [3.63, 3.8) is 0 Å². The fourth-order valence-corrected chi connectivity index (χ4v) is 2.33. The Balaban J connectivity index is 2.25. The zero-order valence-electron chi connectivity index (χ0n) is 11.5. The Kier molecular flexibility index (Phi) is 4.68. The second kappa shape index (κ2) is 6.67. The summed E-state index contributed by atoms with van der Waals surface area (Å²) in [5.74, 6) is 0. The van der Waals surface area contributed by atoms with Gasteiger partial charge in [0, 0.05) is 17.7 Å². The lowest BCUT2D eigenvalue weighted by atomic mass is 10.1. The first kappa shape index (κ1) is 16.1. The number of nitrogens with zero attached hydrogens (tertiary/aromatic N) is 3. The van der Waals surface area contributed by atoms with Gasteiger partial charge in [0.15, 0.2) is 5.71 Å². The van der Waals surface area contributed by atoms with Gasteiger partial charge in [-0.1, -0.05) is 35.5 Å². The maximum absolute atomic E-state index is 12.0. The molecule has 0 saturated heterocycles. The third kappa shape index (κ3) is 3.90. The van der Waals surface area contributed by atoms with Gasteiger partial charge < -0.3 is 0 Å². The van der Waals surface area contributed by atoms with E-state index in [4.69, 9.17) is 5.26 Å². The lowest BCUT2D eigenvalue weighted by molar-refractivity contribution is -0.384. The third-order valence-corrected chi connectivity index (χ3v) is 3.84. The summed E-state index contributed by atoms with van der Waals surface area (Å²) >= 11 is 0. The van der Waals surface area contributed by atoms with Gasteiger partial charge >= 0.3 is 10.1 Å². The van der Waals surface area contributed by atoms with Crippen LogP contribution in [-0.4, -0.2) is 19.1 Å². The molecule has 2 aromatic rings. The average molecular weight is 331 g/mol. The van der Waals surface area contributed by atoms with E-state index >= 15 is 0 Å². The van der Waals surface area contributed by atoms with Crippen LogP contribution in [0, 0.1) is 21.4 Å². The van der Waals surface area contributed by atoms with Crippen LogP contribution in [0.4, 0.5) is 5.69 Å². The van der Waals surface area contributed by atoms with E-state index in [1.54, 1.807) is 36.4 Å². The molecule has 0 heterocycles. The molecule has 0 aliphatic heterocycles. The molecule has 116 valence electrons. The average Bonchev–Trinajstić information content (AvgIpc) is 2.56. The minimum atomic E-state index is -4.28. The summed E-state index contributed by atoms with van der Waals surface area (Å²) in [6.07, 6.45) is 0. The molecule has 0 saturated carbocycles. The van der Waals surface area contributed by atoms with Gasteiger partial charge in [-0.15, -0.1) is 0 Å². The molecule has 0 N–H and O–H groups in total. The Morgan fingerprint density at radius 2 is 1.74 bits per heavy atom. The molecule has 2 aromatic carbocycles. The number of non-ortho nitro benzene ring substituents is 1. The molecule has 0 fully saturated rings. The van der Waals surface area contributed by atoms with Crippen LogP contribution in [0.2, 0.25) is 0 Å². The van der Waals surface area contributed by atoms with Gasteiger partial charge in [0.25, 0.3) is 5.69 Å². The number of hydrogen-bond acceptors (Lipinski definition) is 7. The zero-order valence-corrected chi connectivity index (χ0v) is 12.3. The molecule has 2 rings (SSSR count). The summed E-state index contributed by atoms with van der Waals surface area (Å²) in [7, 11) is -4.28. The van der Waals surface area contributed by atoms with Crippen molar-refractivity contribution in [1.29, 1.82) is 5.26 Å². The smallest absolute Gasteiger partial charge is 0.263 e. The number of nitro benzene ring substituents is 1. The highest BCUT2D eigenvalue weighted by Gasteiger charge is 2.18. The largest absolute Gasteiger partial charge is 0.358 e. The van der Waals surface area contributed by atoms with Crippen molar-refractivity contribution in [2.75, 3.05) is 0 Å². The molecule has 8 nitrogen and oxygen atoms in total. The Hall–Kier alpha value is -3.25. The number of benzene rings is 2. The maximum atomic E-state index is 12.0. The second-order valence-electron chi connectivity index (χ2n) is 4.20. The summed E-state index contributed by atoms with van der Waals surface area (Å²) in [5, 5.41) is 22.9.